The van der Waals surface area contributed by atoms with Crippen LogP contribution in [-0.2, 0) is 17.7 Å². The molecule has 9 heteroatoms. The summed E-state index contributed by atoms with van der Waals surface area (Å²) in [7, 11) is 0. The highest BCUT2D eigenvalue weighted by atomic mass is 32.1. The lowest BCUT2D eigenvalue weighted by Crippen LogP contribution is -2.35. The number of nitrogens with one attached hydrogen (secondary N) is 1. The molecule has 4 N–H and O–H groups in total. The Balaban J connectivity index is 1.53. The summed E-state index contributed by atoms with van der Waals surface area (Å²) in [5.41, 5.74) is 8.70. The first-order chi connectivity index (χ1) is 15.5. The molecular formula is C23H27N5O3S. The normalized spacial score (nSPS) is 15.4. The van der Waals surface area contributed by atoms with E-state index in [-0.39, 0.29) is 0 Å². The number of hydrogen-bond acceptors (Lipinski definition) is 8. The van der Waals surface area contributed by atoms with E-state index in [2.05, 4.69) is 15.2 Å². The van der Waals surface area contributed by atoms with E-state index in [1.54, 1.807) is 19.2 Å². The Morgan fingerprint density at radius 3 is 2.78 bits per heavy atom. The Bertz CT molecular complexity index is 1060. The van der Waals surface area contributed by atoms with Gasteiger partial charge in [-0.15, -0.1) is 11.3 Å². The van der Waals surface area contributed by atoms with Gasteiger partial charge in [0, 0.05) is 48.4 Å². The van der Waals surface area contributed by atoms with E-state index < -0.39 is 12.0 Å². The van der Waals surface area contributed by atoms with Gasteiger partial charge in [0.05, 0.1) is 30.6 Å². The van der Waals surface area contributed by atoms with E-state index in [0.29, 0.717) is 22.8 Å². The molecule has 168 valence electrons. The van der Waals surface area contributed by atoms with E-state index in [4.69, 9.17) is 15.5 Å². The molecule has 1 saturated heterocycles. The maximum absolute atomic E-state index is 12.1. The molecule has 1 unspecified atom stereocenters. The first kappa shape index (κ1) is 22.3. The summed E-state index contributed by atoms with van der Waals surface area (Å²) < 4.78 is 5.41. The number of carbonyl (C=O) groups excluding carboxylic acids is 1. The summed E-state index contributed by atoms with van der Waals surface area (Å²) in [5.74, 6) is 0.162. The third-order valence-corrected chi connectivity index (χ3v) is 6.25. The maximum atomic E-state index is 12.1. The molecule has 0 saturated carbocycles. The zero-order chi connectivity index (χ0) is 22.5. The van der Waals surface area contributed by atoms with Crippen molar-refractivity contribution in [3.05, 3.63) is 59.5 Å². The third kappa shape index (κ3) is 5.68. The second-order valence-electron chi connectivity index (χ2n) is 7.84. The van der Waals surface area contributed by atoms with Crippen LogP contribution in [0.4, 0.5) is 10.8 Å². The van der Waals surface area contributed by atoms with Crippen molar-refractivity contribution in [3.63, 3.8) is 0 Å². The zero-order valence-corrected chi connectivity index (χ0v) is 18.8. The number of primary amides is 1. The van der Waals surface area contributed by atoms with Crippen molar-refractivity contribution in [2.24, 2.45) is 5.73 Å². The van der Waals surface area contributed by atoms with E-state index in [1.807, 2.05) is 30.3 Å². The summed E-state index contributed by atoms with van der Waals surface area (Å²) in [6, 6.07) is 11.4. The van der Waals surface area contributed by atoms with Crippen LogP contribution in [-0.4, -0.2) is 58.3 Å². The summed E-state index contributed by atoms with van der Waals surface area (Å²) in [6.45, 7) is 5.75. The molecule has 1 atom stereocenters. The number of aliphatic hydroxyl groups excluding tert-OH is 1. The zero-order valence-electron chi connectivity index (χ0n) is 18.0. The molecular weight excluding hydrogens is 426 g/mol. The average molecular weight is 454 g/mol. The molecule has 0 bridgehead atoms. The van der Waals surface area contributed by atoms with Crippen LogP contribution in [0, 0.1) is 0 Å². The molecule has 0 radical (unpaired) electrons. The first-order valence-corrected chi connectivity index (χ1v) is 11.4. The molecule has 0 aromatic carbocycles. The number of rotatable bonds is 8. The smallest absolute Gasteiger partial charge is 0.251 e. The Labute approximate surface area is 191 Å². The number of nitrogens with two attached hydrogens (primary N) is 1. The monoisotopic (exact) mass is 453 g/mol. The molecule has 1 aliphatic rings. The highest BCUT2D eigenvalue weighted by Gasteiger charge is 2.17. The van der Waals surface area contributed by atoms with Gasteiger partial charge in [-0.3, -0.25) is 14.7 Å². The van der Waals surface area contributed by atoms with Gasteiger partial charge < -0.3 is 20.9 Å². The molecule has 3 aromatic rings. The highest BCUT2D eigenvalue weighted by Crippen LogP contribution is 2.36. The van der Waals surface area contributed by atoms with Crippen LogP contribution < -0.4 is 11.1 Å². The van der Waals surface area contributed by atoms with E-state index in [1.165, 1.54) is 11.3 Å². The molecule has 3 aromatic heterocycles. The fourth-order valence-corrected chi connectivity index (χ4v) is 4.61. The van der Waals surface area contributed by atoms with Gasteiger partial charge in [-0.25, -0.2) is 4.98 Å². The Kier molecular flexibility index (Phi) is 7.11. The number of carbonyl (C=O) groups is 1. The lowest BCUT2D eigenvalue weighted by molar-refractivity contribution is 0.0337. The second kappa shape index (κ2) is 10.2. The van der Waals surface area contributed by atoms with E-state index >= 15 is 0 Å². The molecule has 4 rings (SSSR count). The number of ether oxygens (including phenoxy) is 1. The van der Waals surface area contributed by atoms with Crippen LogP contribution in [0.1, 0.15) is 28.7 Å². The minimum Gasteiger partial charge on any atom is -0.393 e. The number of nitrogens with zero attached hydrogens (tertiary/aromatic N) is 3. The standard InChI is InChI=1S/C23H27N5O3S/c1-15(29)11-17-6-5-16(13-25-17)20-12-19(22(24)30)23(32-20)27-21-4-2-3-18(26-21)14-28-7-9-31-10-8-28/h2-6,12-13,15,29H,7-11,14H2,1H3,(H2,24,30)(H,26,27). The number of morpholine rings is 1. The molecule has 0 aliphatic carbocycles. The quantitative estimate of drug-likeness (QED) is 0.481. The highest BCUT2D eigenvalue weighted by molar-refractivity contribution is 7.19. The summed E-state index contributed by atoms with van der Waals surface area (Å²) >= 11 is 1.43. The van der Waals surface area contributed by atoms with Gasteiger partial charge in [0.1, 0.15) is 10.8 Å². The lowest BCUT2D eigenvalue weighted by Gasteiger charge is -2.26. The molecule has 1 amide bonds. The SMILES string of the molecule is CC(O)Cc1ccc(-c2cc(C(N)=O)c(Nc3cccc(CN4CCOCC4)n3)s2)cn1. The van der Waals surface area contributed by atoms with Crippen molar-refractivity contribution < 1.29 is 14.6 Å². The molecule has 1 aliphatic heterocycles. The topological polar surface area (TPSA) is 114 Å². The maximum Gasteiger partial charge on any atom is 0.251 e. The lowest BCUT2D eigenvalue weighted by atomic mass is 10.1. The van der Waals surface area contributed by atoms with Crippen molar-refractivity contribution in [3.8, 4) is 10.4 Å². The number of aromatic nitrogens is 2. The largest absolute Gasteiger partial charge is 0.393 e. The minimum atomic E-state index is -0.502. The van der Waals surface area contributed by atoms with Crippen molar-refractivity contribution >= 4 is 28.1 Å². The van der Waals surface area contributed by atoms with Crippen LogP contribution in [0.2, 0.25) is 0 Å². The minimum absolute atomic E-state index is 0.415. The van der Waals surface area contributed by atoms with Crippen LogP contribution in [0.3, 0.4) is 0 Å². The Hall–Kier alpha value is -2.85. The van der Waals surface area contributed by atoms with Gasteiger partial charge >= 0.3 is 0 Å². The molecule has 4 heterocycles. The van der Waals surface area contributed by atoms with Crippen molar-refractivity contribution in [2.75, 3.05) is 31.6 Å². The van der Waals surface area contributed by atoms with Gasteiger partial charge in [0.2, 0.25) is 0 Å². The van der Waals surface area contributed by atoms with E-state index in [0.717, 1.165) is 54.7 Å². The summed E-state index contributed by atoms with van der Waals surface area (Å²) in [4.78, 5) is 24.4. The fraction of sp³-hybridized carbons (Fsp3) is 0.348. The Morgan fingerprint density at radius 1 is 1.28 bits per heavy atom. The van der Waals surface area contributed by atoms with E-state index in [9.17, 15) is 9.90 Å². The number of amides is 1. The van der Waals surface area contributed by atoms with Gasteiger partial charge in [-0.1, -0.05) is 12.1 Å². The van der Waals surface area contributed by atoms with Crippen LogP contribution in [0.15, 0.2) is 42.6 Å². The number of hydrogen-bond donors (Lipinski definition) is 3. The predicted octanol–water partition coefficient (Wildman–Crippen LogP) is 2.80. The van der Waals surface area contributed by atoms with Gasteiger partial charge in [-0.2, -0.15) is 0 Å². The molecule has 1 fully saturated rings. The number of pyridine rings is 2. The molecule has 8 nitrogen and oxygen atoms in total. The second-order valence-corrected chi connectivity index (χ2v) is 8.89. The third-order valence-electron chi connectivity index (χ3n) is 5.15. The van der Waals surface area contributed by atoms with Crippen LogP contribution >= 0.6 is 11.3 Å². The van der Waals surface area contributed by atoms with Crippen molar-refractivity contribution in [2.45, 2.75) is 26.0 Å². The molecule has 0 spiro atoms. The van der Waals surface area contributed by atoms with Gasteiger partial charge in [0.15, 0.2) is 0 Å². The van der Waals surface area contributed by atoms with Crippen molar-refractivity contribution in [1.82, 2.24) is 14.9 Å². The predicted molar refractivity (Wildman–Crippen MR) is 125 cm³/mol. The van der Waals surface area contributed by atoms with Gasteiger partial charge in [0.25, 0.3) is 5.91 Å². The molecule has 32 heavy (non-hydrogen) atoms. The van der Waals surface area contributed by atoms with Crippen LogP contribution in [0.5, 0.6) is 0 Å². The van der Waals surface area contributed by atoms with Crippen LogP contribution in [0.25, 0.3) is 10.4 Å². The fourth-order valence-electron chi connectivity index (χ4n) is 3.54. The number of aliphatic hydroxyl groups is 1. The summed E-state index contributed by atoms with van der Waals surface area (Å²) in [5, 5.41) is 13.5. The average Bonchev–Trinajstić information content (AvgIpc) is 3.19. The summed E-state index contributed by atoms with van der Waals surface area (Å²) in [6.07, 6.45) is 1.80. The first-order valence-electron chi connectivity index (χ1n) is 10.6. The number of anilines is 2. The number of thiophene rings is 1. The van der Waals surface area contributed by atoms with Gasteiger partial charge in [-0.05, 0) is 31.2 Å². The Morgan fingerprint density at radius 2 is 2.09 bits per heavy atom. The van der Waals surface area contributed by atoms with Crippen molar-refractivity contribution in [1.29, 1.82) is 0 Å².